The summed E-state index contributed by atoms with van der Waals surface area (Å²) < 4.78 is 26.7. The fourth-order valence-electron chi connectivity index (χ4n) is 3.33. The summed E-state index contributed by atoms with van der Waals surface area (Å²) in [5.74, 6) is 1.44. The molecular formula is C25H24Cl2FN5O2S. The summed E-state index contributed by atoms with van der Waals surface area (Å²) in [6.45, 7) is 3.79. The molecule has 1 heterocycles. The molecule has 4 rings (SSSR count). The van der Waals surface area contributed by atoms with Gasteiger partial charge in [-0.1, -0.05) is 59.2 Å². The molecule has 0 bridgehead atoms. The van der Waals surface area contributed by atoms with Crippen LogP contribution in [0.1, 0.15) is 18.1 Å². The number of para-hydroxylation sites is 1. The normalized spacial score (nSPS) is 11.0. The average molecular weight is 548 g/mol. The summed E-state index contributed by atoms with van der Waals surface area (Å²) in [5.41, 5.74) is 2.46. The van der Waals surface area contributed by atoms with E-state index < -0.39 is 5.82 Å². The van der Waals surface area contributed by atoms with Gasteiger partial charge in [0.2, 0.25) is 5.16 Å². The van der Waals surface area contributed by atoms with E-state index >= 15 is 0 Å². The molecule has 36 heavy (non-hydrogen) atoms. The molecule has 0 aliphatic carbocycles. The molecule has 0 aliphatic heterocycles. The second-order valence-corrected chi connectivity index (χ2v) is 9.46. The van der Waals surface area contributed by atoms with Gasteiger partial charge in [0.25, 0.3) is 0 Å². The Hall–Kier alpha value is -2.85. The first-order chi connectivity index (χ1) is 17.5. The van der Waals surface area contributed by atoms with E-state index in [2.05, 4.69) is 20.8 Å². The van der Waals surface area contributed by atoms with Gasteiger partial charge in [0.05, 0.1) is 17.3 Å². The summed E-state index contributed by atoms with van der Waals surface area (Å²) in [6, 6.07) is 17.5. The third-order valence-electron chi connectivity index (χ3n) is 5.08. The summed E-state index contributed by atoms with van der Waals surface area (Å²) in [4.78, 5) is 0. The summed E-state index contributed by atoms with van der Waals surface area (Å²) in [7, 11) is 0. The summed E-state index contributed by atoms with van der Waals surface area (Å²) >= 11 is 14.2. The lowest BCUT2D eigenvalue weighted by molar-refractivity contribution is 0.269. The Morgan fingerprint density at radius 2 is 1.75 bits per heavy atom. The molecule has 188 valence electrons. The zero-order valence-corrected chi connectivity index (χ0v) is 21.8. The number of benzene rings is 3. The van der Waals surface area contributed by atoms with Gasteiger partial charge >= 0.3 is 0 Å². The predicted octanol–water partition coefficient (Wildman–Crippen LogP) is 5.97. The molecule has 0 saturated carbocycles. The Morgan fingerprint density at radius 3 is 2.53 bits per heavy atom. The van der Waals surface area contributed by atoms with Crippen LogP contribution in [-0.4, -0.2) is 39.1 Å². The first-order valence-electron chi connectivity index (χ1n) is 11.2. The van der Waals surface area contributed by atoms with Gasteiger partial charge in [0.15, 0.2) is 11.5 Å². The smallest absolute Gasteiger partial charge is 0.214 e. The maximum absolute atomic E-state index is 13.3. The SMILES string of the molecule is CCOc1cc(CNCCSc2nnnn2-c2ccccc2)c(Cl)cc1OCc1ccc(F)cc1Cl. The molecule has 7 nitrogen and oxygen atoms in total. The molecule has 0 radical (unpaired) electrons. The first kappa shape index (κ1) is 26.2. The largest absolute Gasteiger partial charge is 0.490 e. The van der Waals surface area contributed by atoms with Crippen molar-refractivity contribution >= 4 is 35.0 Å². The molecule has 0 saturated heterocycles. The number of halogens is 3. The van der Waals surface area contributed by atoms with E-state index in [1.165, 1.54) is 12.1 Å². The minimum Gasteiger partial charge on any atom is -0.490 e. The van der Waals surface area contributed by atoms with Crippen LogP contribution in [0.4, 0.5) is 4.39 Å². The van der Waals surface area contributed by atoms with Gasteiger partial charge in [-0.3, -0.25) is 0 Å². The Morgan fingerprint density at radius 1 is 0.972 bits per heavy atom. The molecule has 4 aromatic rings. The van der Waals surface area contributed by atoms with Crippen LogP contribution in [-0.2, 0) is 13.2 Å². The van der Waals surface area contributed by atoms with Crippen molar-refractivity contribution in [2.45, 2.75) is 25.2 Å². The van der Waals surface area contributed by atoms with Gasteiger partial charge in [-0.25, -0.2) is 4.39 Å². The minimum absolute atomic E-state index is 0.160. The molecule has 11 heteroatoms. The molecule has 0 aliphatic rings. The lowest BCUT2D eigenvalue weighted by Crippen LogP contribution is -2.17. The highest BCUT2D eigenvalue weighted by atomic mass is 35.5. The Bertz CT molecular complexity index is 1290. The summed E-state index contributed by atoms with van der Waals surface area (Å²) in [6.07, 6.45) is 0. The highest BCUT2D eigenvalue weighted by molar-refractivity contribution is 7.99. The Kier molecular flexibility index (Phi) is 9.41. The van der Waals surface area contributed by atoms with E-state index in [9.17, 15) is 4.39 Å². The third-order valence-corrected chi connectivity index (χ3v) is 6.70. The zero-order valence-electron chi connectivity index (χ0n) is 19.5. The Balaban J connectivity index is 1.32. The lowest BCUT2D eigenvalue weighted by atomic mass is 10.2. The molecule has 0 amide bonds. The number of nitrogens with zero attached hydrogens (tertiary/aromatic N) is 4. The van der Waals surface area contributed by atoms with E-state index in [0.29, 0.717) is 46.8 Å². The van der Waals surface area contributed by atoms with E-state index in [4.69, 9.17) is 32.7 Å². The first-order valence-corrected chi connectivity index (χ1v) is 13.0. The van der Waals surface area contributed by atoms with Gasteiger partial charge in [-0.2, -0.15) is 4.68 Å². The molecule has 3 aromatic carbocycles. The number of thioether (sulfide) groups is 1. The molecule has 1 aromatic heterocycles. The standard InChI is InChI=1S/C25H24Cl2FN5O2S/c1-2-34-23-12-18(22(27)14-24(23)35-16-17-8-9-19(28)13-21(17)26)15-29-10-11-36-25-30-31-32-33(25)20-6-4-3-5-7-20/h3-9,12-14,29H,2,10-11,15-16H2,1H3. The zero-order chi connectivity index (χ0) is 25.3. The van der Waals surface area contributed by atoms with Crippen LogP contribution in [0.5, 0.6) is 11.5 Å². The highest BCUT2D eigenvalue weighted by Crippen LogP contribution is 2.34. The lowest BCUT2D eigenvalue weighted by Gasteiger charge is -2.16. The van der Waals surface area contributed by atoms with Crippen molar-refractivity contribution in [3.63, 3.8) is 0 Å². The Labute approximate surface area is 222 Å². The number of hydrogen-bond acceptors (Lipinski definition) is 7. The van der Waals surface area contributed by atoms with Crippen molar-refractivity contribution in [3.8, 4) is 17.2 Å². The van der Waals surface area contributed by atoms with Crippen molar-refractivity contribution in [1.29, 1.82) is 0 Å². The molecule has 1 N–H and O–H groups in total. The van der Waals surface area contributed by atoms with Gasteiger partial charge in [-0.05, 0) is 53.2 Å². The second kappa shape index (κ2) is 12.9. The quantitative estimate of drug-likeness (QED) is 0.173. The molecule has 0 atom stereocenters. The van der Waals surface area contributed by atoms with Crippen LogP contribution in [0.25, 0.3) is 5.69 Å². The highest BCUT2D eigenvalue weighted by Gasteiger charge is 2.13. The van der Waals surface area contributed by atoms with E-state index in [0.717, 1.165) is 22.2 Å². The maximum Gasteiger partial charge on any atom is 0.214 e. The van der Waals surface area contributed by atoms with Gasteiger partial charge in [0, 0.05) is 35.5 Å². The van der Waals surface area contributed by atoms with Crippen molar-refractivity contribution in [1.82, 2.24) is 25.5 Å². The van der Waals surface area contributed by atoms with Gasteiger partial charge in [0.1, 0.15) is 12.4 Å². The fraction of sp³-hybridized carbons (Fsp3) is 0.240. The van der Waals surface area contributed by atoms with Gasteiger partial charge < -0.3 is 14.8 Å². The topological polar surface area (TPSA) is 74.1 Å². The monoisotopic (exact) mass is 547 g/mol. The van der Waals surface area contributed by atoms with Crippen LogP contribution in [0, 0.1) is 5.82 Å². The van der Waals surface area contributed by atoms with Crippen LogP contribution in [0.3, 0.4) is 0 Å². The number of hydrogen-bond donors (Lipinski definition) is 1. The van der Waals surface area contributed by atoms with Crippen LogP contribution in [0.2, 0.25) is 10.0 Å². The van der Waals surface area contributed by atoms with Crippen molar-refractivity contribution in [2.24, 2.45) is 0 Å². The maximum atomic E-state index is 13.3. The minimum atomic E-state index is -0.396. The number of aromatic nitrogens is 4. The van der Waals surface area contributed by atoms with E-state index in [-0.39, 0.29) is 6.61 Å². The summed E-state index contributed by atoms with van der Waals surface area (Å²) in [5, 5.41) is 16.9. The number of nitrogens with one attached hydrogen (secondary N) is 1. The van der Waals surface area contributed by atoms with Crippen LogP contribution < -0.4 is 14.8 Å². The van der Waals surface area contributed by atoms with Crippen LogP contribution in [0.15, 0.2) is 65.8 Å². The third kappa shape index (κ3) is 6.88. The van der Waals surface area contributed by atoms with Crippen LogP contribution >= 0.6 is 35.0 Å². The van der Waals surface area contributed by atoms with Crippen molar-refractivity contribution in [3.05, 3.63) is 87.7 Å². The number of rotatable bonds is 12. The molecule has 0 unspecified atom stereocenters. The average Bonchev–Trinajstić information content (AvgIpc) is 3.34. The number of ether oxygens (including phenoxy) is 2. The fourth-order valence-corrected chi connectivity index (χ4v) is 4.56. The molecule has 0 spiro atoms. The second-order valence-electron chi connectivity index (χ2n) is 7.58. The van der Waals surface area contributed by atoms with Gasteiger partial charge in [-0.15, -0.1) is 5.10 Å². The molecule has 0 fully saturated rings. The van der Waals surface area contributed by atoms with E-state index in [1.54, 1.807) is 28.6 Å². The molecular weight excluding hydrogens is 524 g/mol. The van der Waals surface area contributed by atoms with Crippen molar-refractivity contribution in [2.75, 3.05) is 18.9 Å². The van der Waals surface area contributed by atoms with Crippen molar-refractivity contribution < 1.29 is 13.9 Å². The number of tetrazole rings is 1. The van der Waals surface area contributed by atoms with E-state index in [1.807, 2.05) is 43.3 Å². The predicted molar refractivity (Wildman–Crippen MR) is 140 cm³/mol.